The van der Waals surface area contributed by atoms with Gasteiger partial charge in [0.05, 0.1) is 5.69 Å². The van der Waals surface area contributed by atoms with E-state index in [4.69, 9.17) is 0 Å². The molecule has 0 fully saturated rings. The average molecular weight is 340 g/mol. The number of halogens is 4. The van der Waals surface area contributed by atoms with Crippen LogP contribution in [0.25, 0.3) is 6.08 Å². The van der Waals surface area contributed by atoms with Crippen LogP contribution in [0.5, 0.6) is 5.75 Å². The van der Waals surface area contributed by atoms with Crippen LogP contribution in [0.3, 0.4) is 0 Å². The van der Waals surface area contributed by atoms with Crippen LogP contribution in [0.15, 0.2) is 48.8 Å². The Morgan fingerprint density at radius 3 is 2.58 bits per heavy atom. The highest BCUT2D eigenvalue weighted by molar-refractivity contribution is 6.02. The Morgan fingerprint density at radius 2 is 1.92 bits per heavy atom. The Kier molecular flexibility index (Phi) is 5.51. The summed E-state index contributed by atoms with van der Waals surface area (Å²) in [5.41, 5.74) is 0.651. The van der Waals surface area contributed by atoms with Crippen molar-refractivity contribution in [1.29, 1.82) is 0 Å². The second-order valence-corrected chi connectivity index (χ2v) is 4.65. The van der Waals surface area contributed by atoms with Gasteiger partial charge < -0.3 is 10.1 Å². The summed E-state index contributed by atoms with van der Waals surface area (Å²) in [7, 11) is 0. The standard InChI is InChI=1S/C16H12F4N2O2/c17-12-2-3-13(14(9-12)24-10-16(18,19)20)22-15(23)4-1-11-5-7-21-8-6-11/h1-9H,10H2,(H,22,23)/b4-1-. The number of pyridine rings is 1. The number of hydrogen-bond donors (Lipinski definition) is 1. The third kappa shape index (κ3) is 5.71. The molecule has 0 spiro atoms. The molecule has 1 heterocycles. The monoisotopic (exact) mass is 340 g/mol. The first kappa shape index (κ1) is 17.5. The molecule has 1 aromatic carbocycles. The Labute approximate surface area is 134 Å². The lowest BCUT2D eigenvalue weighted by atomic mass is 10.2. The molecule has 0 saturated heterocycles. The van der Waals surface area contributed by atoms with Crippen molar-refractivity contribution in [2.45, 2.75) is 6.18 Å². The largest absolute Gasteiger partial charge is 0.482 e. The molecule has 2 rings (SSSR count). The molecule has 0 aliphatic carbocycles. The fraction of sp³-hybridized carbons (Fsp3) is 0.125. The second kappa shape index (κ2) is 7.58. The summed E-state index contributed by atoms with van der Waals surface area (Å²) < 4.78 is 54.4. The number of nitrogens with one attached hydrogen (secondary N) is 1. The molecule has 1 aromatic heterocycles. The van der Waals surface area contributed by atoms with Gasteiger partial charge in [-0.15, -0.1) is 0 Å². The van der Waals surface area contributed by atoms with E-state index in [1.807, 2.05) is 0 Å². The highest BCUT2D eigenvalue weighted by atomic mass is 19.4. The molecule has 0 unspecified atom stereocenters. The minimum atomic E-state index is -4.57. The van der Waals surface area contributed by atoms with Crippen molar-refractivity contribution < 1.29 is 27.1 Å². The van der Waals surface area contributed by atoms with Gasteiger partial charge in [0.25, 0.3) is 0 Å². The Morgan fingerprint density at radius 1 is 1.21 bits per heavy atom. The molecular weight excluding hydrogens is 328 g/mol. The van der Waals surface area contributed by atoms with E-state index in [1.165, 1.54) is 12.2 Å². The molecule has 1 N–H and O–H groups in total. The third-order valence-corrected chi connectivity index (χ3v) is 2.73. The van der Waals surface area contributed by atoms with E-state index < -0.39 is 30.3 Å². The molecule has 0 radical (unpaired) electrons. The van der Waals surface area contributed by atoms with Gasteiger partial charge in [0.1, 0.15) is 11.6 Å². The summed E-state index contributed by atoms with van der Waals surface area (Å²) in [5.74, 6) is -1.79. The van der Waals surface area contributed by atoms with Crippen molar-refractivity contribution in [2.75, 3.05) is 11.9 Å². The van der Waals surface area contributed by atoms with Gasteiger partial charge >= 0.3 is 6.18 Å². The number of hydrogen-bond acceptors (Lipinski definition) is 3. The van der Waals surface area contributed by atoms with Gasteiger partial charge in [-0.3, -0.25) is 9.78 Å². The maximum Gasteiger partial charge on any atom is 0.422 e. The van der Waals surface area contributed by atoms with Gasteiger partial charge in [-0.25, -0.2) is 4.39 Å². The number of benzene rings is 1. The zero-order chi connectivity index (χ0) is 17.6. The molecule has 0 aliphatic heterocycles. The van der Waals surface area contributed by atoms with Crippen molar-refractivity contribution in [2.24, 2.45) is 0 Å². The summed E-state index contributed by atoms with van der Waals surface area (Å²) in [4.78, 5) is 15.7. The molecular formula is C16H12F4N2O2. The van der Waals surface area contributed by atoms with Gasteiger partial charge in [-0.1, -0.05) is 0 Å². The minimum Gasteiger partial charge on any atom is -0.482 e. The van der Waals surface area contributed by atoms with Crippen molar-refractivity contribution in [3.8, 4) is 5.75 Å². The highest BCUT2D eigenvalue weighted by Crippen LogP contribution is 2.27. The van der Waals surface area contributed by atoms with Crippen LogP contribution in [0.2, 0.25) is 0 Å². The molecule has 0 bridgehead atoms. The number of nitrogens with zero attached hydrogens (tertiary/aromatic N) is 1. The summed E-state index contributed by atoms with van der Waals surface area (Å²) in [5, 5.41) is 2.34. The smallest absolute Gasteiger partial charge is 0.422 e. The van der Waals surface area contributed by atoms with Crippen LogP contribution in [0.1, 0.15) is 5.56 Å². The van der Waals surface area contributed by atoms with E-state index >= 15 is 0 Å². The molecule has 0 aliphatic rings. The summed E-state index contributed by atoms with van der Waals surface area (Å²) in [6.45, 7) is -1.59. The predicted octanol–water partition coefficient (Wildman–Crippen LogP) is 3.81. The maximum atomic E-state index is 13.2. The first-order chi connectivity index (χ1) is 11.3. The maximum absolute atomic E-state index is 13.2. The zero-order valence-corrected chi connectivity index (χ0v) is 12.2. The fourth-order valence-electron chi connectivity index (χ4n) is 1.70. The molecule has 1 amide bonds. The fourth-order valence-corrected chi connectivity index (χ4v) is 1.70. The van der Waals surface area contributed by atoms with Crippen LogP contribution in [-0.2, 0) is 4.79 Å². The average Bonchev–Trinajstić information content (AvgIpc) is 2.53. The van der Waals surface area contributed by atoms with E-state index in [2.05, 4.69) is 15.0 Å². The Hall–Kier alpha value is -2.90. The lowest BCUT2D eigenvalue weighted by molar-refractivity contribution is -0.153. The Balaban J connectivity index is 2.08. The van der Waals surface area contributed by atoms with Crippen molar-refractivity contribution in [3.63, 3.8) is 0 Å². The number of amides is 1. The normalized spacial score (nSPS) is 11.5. The van der Waals surface area contributed by atoms with Crippen LogP contribution >= 0.6 is 0 Å². The number of rotatable bonds is 5. The van der Waals surface area contributed by atoms with Crippen LogP contribution in [-0.4, -0.2) is 23.7 Å². The SMILES string of the molecule is O=C(/C=C\c1ccncc1)Nc1ccc(F)cc1OCC(F)(F)F. The van der Waals surface area contributed by atoms with Crippen molar-refractivity contribution in [3.05, 3.63) is 60.2 Å². The molecule has 8 heteroatoms. The molecule has 126 valence electrons. The number of carbonyl (C=O) groups is 1. The Bertz CT molecular complexity index is 731. The van der Waals surface area contributed by atoms with E-state index in [1.54, 1.807) is 24.5 Å². The van der Waals surface area contributed by atoms with Gasteiger partial charge in [-0.05, 0) is 35.9 Å². The molecule has 2 aromatic rings. The van der Waals surface area contributed by atoms with Gasteiger partial charge in [-0.2, -0.15) is 13.2 Å². The van der Waals surface area contributed by atoms with E-state index in [9.17, 15) is 22.4 Å². The van der Waals surface area contributed by atoms with Gasteiger partial charge in [0, 0.05) is 24.5 Å². The van der Waals surface area contributed by atoms with Crippen LogP contribution in [0, 0.1) is 5.82 Å². The summed E-state index contributed by atoms with van der Waals surface area (Å²) in [6, 6.07) is 6.23. The van der Waals surface area contributed by atoms with Crippen molar-refractivity contribution in [1.82, 2.24) is 4.98 Å². The molecule has 0 saturated carbocycles. The van der Waals surface area contributed by atoms with E-state index in [0.29, 0.717) is 5.56 Å². The lowest BCUT2D eigenvalue weighted by Gasteiger charge is -2.13. The number of aromatic nitrogens is 1. The predicted molar refractivity (Wildman–Crippen MR) is 79.9 cm³/mol. The lowest BCUT2D eigenvalue weighted by Crippen LogP contribution is -2.20. The van der Waals surface area contributed by atoms with Crippen molar-refractivity contribution >= 4 is 17.7 Å². The topological polar surface area (TPSA) is 51.2 Å². The number of alkyl halides is 3. The second-order valence-electron chi connectivity index (χ2n) is 4.65. The number of anilines is 1. The minimum absolute atomic E-state index is 0.0648. The van der Waals surface area contributed by atoms with Crippen LogP contribution < -0.4 is 10.1 Å². The number of carbonyl (C=O) groups excluding carboxylic acids is 1. The quantitative estimate of drug-likeness (QED) is 0.665. The first-order valence-corrected chi connectivity index (χ1v) is 6.72. The van der Waals surface area contributed by atoms with E-state index in [0.717, 1.165) is 18.2 Å². The summed E-state index contributed by atoms with van der Waals surface area (Å²) >= 11 is 0. The number of ether oxygens (including phenoxy) is 1. The third-order valence-electron chi connectivity index (χ3n) is 2.73. The van der Waals surface area contributed by atoms with Gasteiger partial charge in [0.2, 0.25) is 5.91 Å². The molecule has 4 nitrogen and oxygen atoms in total. The summed E-state index contributed by atoms with van der Waals surface area (Å²) in [6.07, 6.45) is 1.19. The highest BCUT2D eigenvalue weighted by Gasteiger charge is 2.29. The van der Waals surface area contributed by atoms with Crippen LogP contribution in [0.4, 0.5) is 23.2 Å². The molecule has 0 atom stereocenters. The van der Waals surface area contributed by atoms with Gasteiger partial charge in [0.15, 0.2) is 6.61 Å². The molecule has 24 heavy (non-hydrogen) atoms. The first-order valence-electron chi connectivity index (χ1n) is 6.72. The van der Waals surface area contributed by atoms with E-state index in [-0.39, 0.29) is 5.69 Å². The zero-order valence-electron chi connectivity index (χ0n) is 12.2.